The average Bonchev–Trinajstić information content (AvgIpc) is 2.75. The number of hydrogen-bond donors (Lipinski definition) is 0. The summed E-state index contributed by atoms with van der Waals surface area (Å²) in [6.45, 7) is 5.07. The maximum Gasteiger partial charge on any atom is 0.257 e. The molecule has 0 saturated carbocycles. The van der Waals surface area contributed by atoms with Gasteiger partial charge in [-0.25, -0.2) is 9.97 Å². The van der Waals surface area contributed by atoms with Crippen LogP contribution in [0.25, 0.3) is 0 Å². The quantitative estimate of drug-likeness (QED) is 0.636. The van der Waals surface area contributed by atoms with Gasteiger partial charge in [0.25, 0.3) is 5.91 Å². The second kappa shape index (κ2) is 8.90. The van der Waals surface area contributed by atoms with Crippen molar-refractivity contribution in [3.8, 4) is 0 Å². The predicted molar refractivity (Wildman–Crippen MR) is 115 cm³/mol. The monoisotopic (exact) mass is 422 g/mol. The Labute approximate surface area is 180 Å². The lowest BCUT2D eigenvalue weighted by Gasteiger charge is -2.33. The molecule has 7 heteroatoms. The summed E-state index contributed by atoms with van der Waals surface area (Å²) in [5, 5.41) is 0.728. The van der Waals surface area contributed by atoms with E-state index in [0.29, 0.717) is 43.2 Å². The van der Waals surface area contributed by atoms with Crippen molar-refractivity contribution in [3.63, 3.8) is 0 Å². The molecule has 0 unspecified atom stereocenters. The largest absolute Gasteiger partial charge is 0.368 e. The number of pyridine rings is 1. The van der Waals surface area contributed by atoms with Crippen LogP contribution in [0.4, 0.5) is 0 Å². The SMILES string of the molecule is Cc1ncc(C(=O)N2CCO[C@@H](c3cccc(Cc4ccccc4Cl)n3)C2)c(C)n1. The zero-order chi connectivity index (χ0) is 21.1. The molecule has 1 aromatic carbocycles. The van der Waals surface area contributed by atoms with Crippen molar-refractivity contribution >= 4 is 17.5 Å². The molecule has 1 atom stereocenters. The van der Waals surface area contributed by atoms with E-state index in [0.717, 1.165) is 22.0 Å². The van der Waals surface area contributed by atoms with Crippen LogP contribution >= 0.6 is 11.6 Å². The van der Waals surface area contributed by atoms with Gasteiger partial charge in [0.15, 0.2) is 0 Å². The van der Waals surface area contributed by atoms with E-state index >= 15 is 0 Å². The Hall–Kier alpha value is -2.83. The van der Waals surface area contributed by atoms with Crippen molar-refractivity contribution < 1.29 is 9.53 Å². The van der Waals surface area contributed by atoms with E-state index < -0.39 is 0 Å². The fourth-order valence-corrected chi connectivity index (χ4v) is 3.79. The first kappa shape index (κ1) is 20.4. The van der Waals surface area contributed by atoms with E-state index in [4.69, 9.17) is 21.3 Å². The third-order valence-corrected chi connectivity index (χ3v) is 5.54. The summed E-state index contributed by atoms with van der Waals surface area (Å²) in [5.41, 5.74) is 3.97. The Morgan fingerprint density at radius 2 is 2.00 bits per heavy atom. The van der Waals surface area contributed by atoms with Gasteiger partial charge < -0.3 is 9.64 Å². The van der Waals surface area contributed by atoms with Gasteiger partial charge in [-0.3, -0.25) is 9.78 Å². The molecule has 4 rings (SSSR count). The van der Waals surface area contributed by atoms with Gasteiger partial charge in [0, 0.05) is 29.9 Å². The molecular weight excluding hydrogens is 400 g/mol. The van der Waals surface area contributed by atoms with Crippen LogP contribution in [0.2, 0.25) is 5.02 Å². The number of carbonyl (C=O) groups excluding carboxylic acids is 1. The molecule has 0 radical (unpaired) electrons. The average molecular weight is 423 g/mol. The molecular formula is C23H23ClN4O2. The van der Waals surface area contributed by atoms with E-state index in [2.05, 4.69) is 9.97 Å². The predicted octanol–water partition coefficient (Wildman–Crippen LogP) is 3.95. The van der Waals surface area contributed by atoms with Crippen molar-refractivity contribution in [3.05, 3.63) is 87.7 Å². The lowest BCUT2D eigenvalue weighted by atomic mass is 10.1. The Bertz CT molecular complexity index is 1070. The fraction of sp³-hybridized carbons (Fsp3) is 0.304. The van der Waals surface area contributed by atoms with Gasteiger partial charge in [0.1, 0.15) is 11.9 Å². The minimum atomic E-state index is -0.277. The lowest BCUT2D eigenvalue weighted by molar-refractivity contribution is -0.0248. The molecule has 6 nitrogen and oxygen atoms in total. The third-order valence-electron chi connectivity index (χ3n) is 5.17. The molecule has 1 aliphatic rings. The molecule has 3 aromatic rings. The Balaban J connectivity index is 1.51. The molecule has 30 heavy (non-hydrogen) atoms. The number of amides is 1. The van der Waals surface area contributed by atoms with Crippen LogP contribution in [0, 0.1) is 13.8 Å². The van der Waals surface area contributed by atoms with Crippen LogP contribution in [-0.4, -0.2) is 45.5 Å². The number of aryl methyl sites for hydroxylation is 2. The highest BCUT2D eigenvalue weighted by atomic mass is 35.5. The third kappa shape index (κ3) is 4.50. The summed E-state index contributed by atoms with van der Waals surface area (Å²) in [4.78, 5) is 28.1. The molecule has 154 valence electrons. The van der Waals surface area contributed by atoms with Crippen LogP contribution in [0.3, 0.4) is 0 Å². The summed E-state index contributed by atoms with van der Waals surface area (Å²) < 4.78 is 5.94. The van der Waals surface area contributed by atoms with Crippen molar-refractivity contribution in [2.24, 2.45) is 0 Å². The first-order valence-corrected chi connectivity index (χ1v) is 10.3. The van der Waals surface area contributed by atoms with Gasteiger partial charge in [-0.05, 0) is 37.6 Å². The molecule has 0 spiro atoms. The number of rotatable bonds is 4. The number of nitrogens with zero attached hydrogens (tertiary/aromatic N) is 4. The zero-order valence-corrected chi connectivity index (χ0v) is 17.8. The minimum Gasteiger partial charge on any atom is -0.368 e. The van der Waals surface area contributed by atoms with Crippen LogP contribution in [-0.2, 0) is 11.2 Å². The maximum atomic E-state index is 13.0. The molecule has 0 bridgehead atoms. The first-order chi connectivity index (χ1) is 14.5. The van der Waals surface area contributed by atoms with E-state index in [9.17, 15) is 4.79 Å². The van der Waals surface area contributed by atoms with E-state index in [1.54, 1.807) is 11.1 Å². The van der Waals surface area contributed by atoms with Crippen LogP contribution in [0.1, 0.15) is 44.9 Å². The van der Waals surface area contributed by atoms with Crippen molar-refractivity contribution in [1.29, 1.82) is 0 Å². The number of benzene rings is 1. The second-order valence-electron chi connectivity index (χ2n) is 7.35. The highest BCUT2D eigenvalue weighted by Crippen LogP contribution is 2.24. The normalized spacial score (nSPS) is 16.5. The first-order valence-electron chi connectivity index (χ1n) is 9.91. The molecule has 1 fully saturated rings. The Kier molecular flexibility index (Phi) is 6.06. The maximum absolute atomic E-state index is 13.0. The summed E-state index contributed by atoms with van der Waals surface area (Å²) in [6.07, 6.45) is 1.97. The topological polar surface area (TPSA) is 68.2 Å². The number of carbonyl (C=O) groups is 1. The number of halogens is 1. The molecule has 0 N–H and O–H groups in total. The zero-order valence-electron chi connectivity index (χ0n) is 17.0. The molecule has 2 aromatic heterocycles. The van der Waals surface area contributed by atoms with Crippen molar-refractivity contribution in [2.45, 2.75) is 26.4 Å². The standard InChI is InChI=1S/C23H23ClN4O2/c1-15-19(13-25-16(2)26-15)23(29)28-10-11-30-22(14-28)21-9-5-7-18(27-21)12-17-6-3-4-8-20(17)24/h3-9,13,22H,10-12,14H2,1-2H3/t22-/m1/s1. The van der Waals surface area contributed by atoms with Crippen molar-refractivity contribution in [1.82, 2.24) is 19.9 Å². The highest BCUT2D eigenvalue weighted by molar-refractivity contribution is 6.31. The van der Waals surface area contributed by atoms with E-state index in [1.807, 2.05) is 56.3 Å². The van der Waals surface area contributed by atoms with Gasteiger partial charge in [-0.15, -0.1) is 0 Å². The highest BCUT2D eigenvalue weighted by Gasteiger charge is 2.28. The lowest BCUT2D eigenvalue weighted by Crippen LogP contribution is -2.42. The Morgan fingerprint density at radius 3 is 2.80 bits per heavy atom. The summed E-state index contributed by atoms with van der Waals surface area (Å²) in [5.74, 6) is 0.580. The van der Waals surface area contributed by atoms with Crippen LogP contribution < -0.4 is 0 Å². The van der Waals surface area contributed by atoms with E-state index in [1.165, 1.54) is 0 Å². The summed E-state index contributed by atoms with van der Waals surface area (Å²) >= 11 is 6.29. The number of hydrogen-bond acceptors (Lipinski definition) is 5. The number of morpholine rings is 1. The van der Waals surface area contributed by atoms with Gasteiger partial charge in [0.2, 0.25) is 0 Å². The smallest absolute Gasteiger partial charge is 0.257 e. The minimum absolute atomic E-state index is 0.0759. The molecule has 0 aliphatic carbocycles. The van der Waals surface area contributed by atoms with E-state index in [-0.39, 0.29) is 12.0 Å². The summed E-state index contributed by atoms with van der Waals surface area (Å²) in [6, 6.07) is 13.6. The van der Waals surface area contributed by atoms with Crippen LogP contribution in [0.15, 0.2) is 48.7 Å². The fourth-order valence-electron chi connectivity index (χ4n) is 3.59. The number of aromatic nitrogens is 3. The molecule has 3 heterocycles. The van der Waals surface area contributed by atoms with Crippen LogP contribution in [0.5, 0.6) is 0 Å². The van der Waals surface area contributed by atoms with Gasteiger partial charge >= 0.3 is 0 Å². The van der Waals surface area contributed by atoms with Gasteiger partial charge in [-0.2, -0.15) is 0 Å². The number of ether oxygens (including phenoxy) is 1. The summed E-state index contributed by atoms with van der Waals surface area (Å²) in [7, 11) is 0. The van der Waals surface area contributed by atoms with Crippen molar-refractivity contribution in [2.75, 3.05) is 19.7 Å². The molecule has 1 amide bonds. The second-order valence-corrected chi connectivity index (χ2v) is 7.76. The molecule has 1 aliphatic heterocycles. The van der Waals surface area contributed by atoms with Gasteiger partial charge in [-0.1, -0.05) is 35.9 Å². The van der Waals surface area contributed by atoms with Gasteiger partial charge in [0.05, 0.1) is 30.1 Å². The molecule has 1 saturated heterocycles. The Morgan fingerprint density at radius 1 is 1.17 bits per heavy atom.